The van der Waals surface area contributed by atoms with Crippen LogP contribution in [0.5, 0.6) is 0 Å². The van der Waals surface area contributed by atoms with Crippen LogP contribution in [0.2, 0.25) is 5.02 Å². The summed E-state index contributed by atoms with van der Waals surface area (Å²) in [6.45, 7) is 0. The van der Waals surface area contributed by atoms with Crippen molar-refractivity contribution in [2.75, 3.05) is 12.4 Å². The van der Waals surface area contributed by atoms with E-state index in [-0.39, 0.29) is 24.1 Å². The second-order valence-electron chi connectivity index (χ2n) is 7.11. The van der Waals surface area contributed by atoms with E-state index in [1.807, 2.05) is 6.07 Å². The molecule has 1 aliphatic heterocycles. The largest absolute Gasteiger partial charge is 0.338 e. The minimum Gasteiger partial charge on any atom is -0.338 e. The van der Waals surface area contributed by atoms with Crippen LogP contribution in [-0.2, 0) is 16.0 Å². The van der Waals surface area contributed by atoms with Gasteiger partial charge in [-0.3, -0.25) is 9.59 Å². The average Bonchev–Trinajstić information content (AvgIpc) is 3.26. The van der Waals surface area contributed by atoms with Crippen molar-refractivity contribution < 1.29 is 14.0 Å². The number of hydrogen-bond acceptors (Lipinski definition) is 5. The van der Waals surface area contributed by atoms with Gasteiger partial charge < -0.3 is 10.2 Å². The lowest BCUT2D eigenvalue weighted by Crippen LogP contribution is -2.30. The summed E-state index contributed by atoms with van der Waals surface area (Å²) < 4.78 is 13.4. The Labute approximate surface area is 181 Å². The summed E-state index contributed by atoms with van der Waals surface area (Å²) in [6.07, 6.45) is 0.523. The number of amides is 2. The molecule has 0 aliphatic carbocycles. The van der Waals surface area contributed by atoms with Gasteiger partial charge in [0, 0.05) is 24.9 Å². The van der Waals surface area contributed by atoms with Gasteiger partial charge in [-0.2, -0.15) is 0 Å². The van der Waals surface area contributed by atoms with E-state index in [1.165, 1.54) is 23.5 Å². The Morgan fingerprint density at radius 1 is 1.27 bits per heavy atom. The molecule has 4 rings (SSSR count). The van der Waals surface area contributed by atoms with Crippen molar-refractivity contribution in [2.45, 2.75) is 18.9 Å². The van der Waals surface area contributed by atoms with Crippen molar-refractivity contribution in [1.29, 1.82) is 0 Å². The van der Waals surface area contributed by atoms with E-state index >= 15 is 0 Å². The van der Waals surface area contributed by atoms with Gasteiger partial charge in [0.15, 0.2) is 0 Å². The van der Waals surface area contributed by atoms with Gasteiger partial charge in [0.05, 0.1) is 12.0 Å². The van der Waals surface area contributed by atoms with Crippen LogP contribution in [0.25, 0.3) is 0 Å². The highest BCUT2D eigenvalue weighted by molar-refractivity contribution is 7.15. The molecular formula is C21H18ClFN4O2S. The van der Waals surface area contributed by atoms with Crippen LogP contribution in [-0.4, -0.2) is 34.0 Å². The number of carbonyl (C=O) groups is 2. The Balaban J connectivity index is 1.49. The highest BCUT2D eigenvalue weighted by Crippen LogP contribution is 2.38. The molecule has 1 N–H and O–H groups in total. The third kappa shape index (κ3) is 4.34. The number of likely N-dealkylation sites (tertiary alicyclic amines) is 1. The molecule has 6 nitrogen and oxygen atoms in total. The monoisotopic (exact) mass is 444 g/mol. The fourth-order valence-corrected chi connectivity index (χ4v) is 4.62. The van der Waals surface area contributed by atoms with Gasteiger partial charge in [0.2, 0.25) is 16.9 Å². The van der Waals surface area contributed by atoms with Crippen LogP contribution >= 0.6 is 22.9 Å². The van der Waals surface area contributed by atoms with Crippen LogP contribution < -0.4 is 5.32 Å². The first-order chi connectivity index (χ1) is 14.4. The molecule has 2 amide bonds. The summed E-state index contributed by atoms with van der Waals surface area (Å²) in [6, 6.07) is 13.0. The number of carbonyl (C=O) groups excluding carboxylic acids is 2. The summed E-state index contributed by atoms with van der Waals surface area (Å²) in [4.78, 5) is 26.8. The Morgan fingerprint density at radius 2 is 2.07 bits per heavy atom. The first kappa shape index (κ1) is 20.4. The molecule has 1 aliphatic rings. The van der Waals surface area contributed by atoms with E-state index in [0.29, 0.717) is 21.6 Å². The highest BCUT2D eigenvalue weighted by Gasteiger charge is 2.43. The van der Waals surface area contributed by atoms with Crippen molar-refractivity contribution in [3.8, 4) is 0 Å². The number of halogens is 2. The minimum atomic E-state index is -0.573. The fourth-order valence-electron chi connectivity index (χ4n) is 3.65. The number of benzene rings is 2. The fraction of sp³-hybridized carbons (Fsp3) is 0.238. The Morgan fingerprint density at radius 3 is 2.83 bits per heavy atom. The number of anilines is 1. The smallest absolute Gasteiger partial charge is 0.232 e. The zero-order chi connectivity index (χ0) is 21.3. The van der Waals surface area contributed by atoms with E-state index in [0.717, 1.165) is 11.1 Å². The number of nitrogens with one attached hydrogen (secondary N) is 1. The average molecular weight is 445 g/mol. The quantitative estimate of drug-likeness (QED) is 0.643. The van der Waals surface area contributed by atoms with Gasteiger partial charge in [-0.15, -0.1) is 10.2 Å². The maximum Gasteiger partial charge on any atom is 0.232 e. The predicted octanol–water partition coefficient (Wildman–Crippen LogP) is 4.08. The summed E-state index contributed by atoms with van der Waals surface area (Å²) in [7, 11) is 1.68. The molecule has 2 aromatic carbocycles. The molecule has 2 atom stereocenters. The molecule has 1 saturated heterocycles. The number of hydrogen-bond donors (Lipinski definition) is 1. The molecule has 30 heavy (non-hydrogen) atoms. The van der Waals surface area contributed by atoms with E-state index in [2.05, 4.69) is 15.5 Å². The van der Waals surface area contributed by atoms with Crippen LogP contribution in [0.4, 0.5) is 9.52 Å². The summed E-state index contributed by atoms with van der Waals surface area (Å²) in [5.41, 5.74) is 1.58. The summed E-state index contributed by atoms with van der Waals surface area (Å²) in [5.74, 6) is -1.29. The van der Waals surface area contributed by atoms with Crippen molar-refractivity contribution >= 4 is 39.9 Å². The third-order valence-electron chi connectivity index (χ3n) is 5.05. The van der Waals surface area contributed by atoms with Crippen LogP contribution in [0, 0.1) is 11.7 Å². The summed E-state index contributed by atoms with van der Waals surface area (Å²) >= 11 is 7.32. The van der Waals surface area contributed by atoms with E-state index in [4.69, 9.17) is 11.6 Å². The van der Waals surface area contributed by atoms with Crippen LogP contribution in [0.15, 0.2) is 48.5 Å². The highest BCUT2D eigenvalue weighted by atomic mass is 35.5. The van der Waals surface area contributed by atoms with E-state index in [1.54, 1.807) is 42.3 Å². The molecule has 0 spiro atoms. The predicted molar refractivity (Wildman–Crippen MR) is 113 cm³/mol. The van der Waals surface area contributed by atoms with Crippen LogP contribution in [0.3, 0.4) is 0 Å². The van der Waals surface area contributed by atoms with Crippen molar-refractivity contribution in [2.24, 2.45) is 5.92 Å². The minimum absolute atomic E-state index is 0.106. The Hall–Kier alpha value is -2.84. The van der Waals surface area contributed by atoms with E-state index in [9.17, 15) is 14.0 Å². The second-order valence-corrected chi connectivity index (χ2v) is 8.61. The Bertz CT molecular complexity index is 1110. The SMILES string of the molecule is CN1C(=O)CC(C(=O)Nc2nnc(Cc3cccc(F)c3)s2)C1c1cccc(Cl)c1. The zero-order valence-electron chi connectivity index (χ0n) is 16.0. The van der Waals surface area contributed by atoms with Gasteiger partial charge in [-0.05, 0) is 35.4 Å². The zero-order valence-corrected chi connectivity index (χ0v) is 17.6. The van der Waals surface area contributed by atoms with Crippen molar-refractivity contribution in [3.05, 3.63) is 75.5 Å². The second kappa shape index (κ2) is 8.49. The molecule has 9 heteroatoms. The number of aromatic nitrogens is 2. The van der Waals surface area contributed by atoms with Crippen molar-refractivity contribution in [3.63, 3.8) is 0 Å². The first-order valence-corrected chi connectivity index (χ1v) is 10.5. The first-order valence-electron chi connectivity index (χ1n) is 9.29. The Kier molecular flexibility index (Phi) is 5.78. The topological polar surface area (TPSA) is 75.2 Å². The molecule has 2 heterocycles. The molecule has 0 radical (unpaired) electrons. The van der Waals surface area contributed by atoms with Gasteiger partial charge in [0.1, 0.15) is 10.8 Å². The third-order valence-corrected chi connectivity index (χ3v) is 6.13. The van der Waals surface area contributed by atoms with Gasteiger partial charge in [-0.25, -0.2) is 4.39 Å². The normalized spacial score (nSPS) is 18.6. The van der Waals surface area contributed by atoms with Crippen LogP contribution in [0.1, 0.15) is 28.6 Å². The molecule has 1 aromatic heterocycles. The molecule has 2 unspecified atom stereocenters. The lowest BCUT2D eigenvalue weighted by molar-refractivity contribution is -0.127. The molecule has 1 fully saturated rings. The van der Waals surface area contributed by atoms with E-state index < -0.39 is 12.0 Å². The van der Waals surface area contributed by atoms with Gasteiger partial charge in [-0.1, -0.05) is 47.2 Å². The lowest BCUT2D eigenvalue weighted by atomic mass is 9.93. The molecule has 0 bridgehead atoms. The molecular weight excluding hydrogens is 427 g/mol. The number of nitrogens with zero attached hydrogens (tertiary/aromatic N) is 3. The van der Waals surface area contributed by atoms with Gasteiger partial charge in [0.25, 0.3) is 0 Å². The lowest BCUT2D eigenvalue weighted by Gasteiger charge is -2.24. The molecule has 3 aromatic rings. The van der Waals surface area contributed by atoms with Gasteiger partial charge >= 0.3 is 0 Å². The summed E-state index contributed by atoms with van der Waals surface area (Å²) in [5, 5.41) is 12.4. The van der Waals surface area contributed by atoms with Crippen molar-refractivity contribution in [1.82, 2.24) is 15.1 Å². The molecule has 154 valence electrons. The standard InChI is InChI=1S/C21H18ClFN4O2S/c1-27-18(28)11-16(19(27)13-5-3-6-14(22)10-13)20(29)24-21-26-25-17(30-21)9-12-4-2-7-15(23)8-12/h2-8,10,16,19H,9,11H2,1H3,(H,24,26,29). The maximum atomic E-state index is 13.4. The maximum absolute atomic E-state index is 13.4. The molecule has 0 saturated carbocycles. The number of rotatable bonds is 5.